The zero-order chi connectivity index (χ0) is 17.6. The predicted octanol–water partition coefficient (Wildman–Crippen LogP) is 1.79. The Morgan fingerprint density at radius 2 is 1.96 bits per heavy atom. The number of ether oxygens (including phenoxy) is 2. The van der Waals surface area contributed by atoms with Crippen LogP contribution in [0.25, 0.3) is 0 Å². The molecule has 0 saturated heterocycles. The number of amides is 2. The molecule has 9 nitrogen and oxygen atoms in total. The molecule has 2 heterocycles. The van der Waals surface area contributed by atoms with Gasteiger partial charge in [0.1, 0.15) is 5.82 Å². The van der Waals surface area contributed by atoms with Gasteiger partial charge in [-0.2, -0.15) is 4.98 Å². The van der Waals surface area contributed by atoms with Crippen molar-refractivity contribution in [1.82, 2.24) is 15.3 Å². The minimum atomic E-state index is -0.439. The van der Waals surface area contributed by atoms with E-state index in [1.165, 1.54) is 0 Å². The van der Waals surface area contributed by atoms with Gasteiger partial charge in [-0.1, -0.05) is 0 Å². The molecule has 0 atom stereocenters. The summed E-state index contributed by atoms with van der Waals surface area (Å²) in [5, 5.41) is 11.5. The van der Waals surface area contributed by atoms with E-state index in [0.717, 1.165) is 18.8 Å². The summed E-state index contributed by atoms with van der Waals surface area (Å²) in [4.78, 5) is 20.7. The average molecular weight is 344 g/mol. The molecule has 1 aliphatic rings. The van der Waals surface area contributed by atoms with E-state index >= 15 is 0 Å². The van der Waals surface area contributed by atoms with Crippen LogP contribution in [0.4, 0.5) is 22.2 Å². The summed E-state index contributed by atoms with van der Waals surface area (Å²) in [6.07, 6.45) is 0. The Bertz CT molecular complexity index is 768. The van der Waals surface area contributed by atoms with Crippen molar-refractivity contribution in [2.45, 2.75) is 6.92 Å². The van der Waals surface area contributed by atoms with Gasteiger partial charge in [-0.15, -0.1) is 0 Å². The van der Waals surface area contributed by atoms with Gasteiger partial charge in [0.15, 0.2) is 11.5 Å². The van der Waals surface area contributed by atoms with Gasteiger partial charge >= 0.3 is 6.03 Å². The van der Waals surface area contributed by atoms with Gasteiger partial charge in [-0.25, -0.2) is 9.78 Å². The molecule has 25 heavy (non-hydrogen) atoms. The molecule has 0 fully saturated rings. The van der Waals surface area contributed by atoms with Crippen molar-refractivity contribution in [1.29, 1.82) is 0 Å². The molecule has 0 spiro atoms. The largest absolute Gasteiger partial charge is 0.454 e. The average Bonchev–Trinajstić information content (AvgIpc) is 3.02. The number of likely N-dealkylation sites (N-methyl/N-ethyl adjacent to an activating group) is 1. The predicted molar refractivity (Wildman–Crippen MR) is 94.4 cm³/mol. The lowest BCUT2D eigenvalue weighted by Crippen LogP contribution is -2.22. The summed E-state index contributed by atoms with van der Waals surface area (Å²) in [6.45, 7) is 3.55. The molecule has 1 aliphatic heterocycles. The molecule has 0 saturated carbocycles. The molecule has 4 N–H and O–H groups in total. The van der Waals surface area contributed by atoms with Gasteiger partial charge in [0.25, 0.3) is 0 Å². The first-order valence-corrected chi connectivity index (χ1v) is 7.86. The standard InChI is InChI=1S/C16H20N6O3/c1-10-7-14(18-6-5-17-2)21-15(19-10)22-16(23)20-11-3-4-12-13(8-11)25-9-24-12/h3-4,7-8,17H,5-6,9H2,1-2H3,(H3,18,19,20,21,22,23). The van der Waals surface area contributed by atoms with Gasteiger partial charge in [0.2, 0.25) is 12.7 Å². The van der Waals surface area contributed by atoms with E-state index in [2.05, 4.69) is 31.2 Å². The number of nitrogens with one attached hydrogen (secondary N) is 4. The minimum absolute atomic E-state index is 0.186. The molecule has 1 aromatic heterocycles. The summed E-state index contributed by atoms with van der Waals surface area (Å²) in [7, 11) is 1.88. The van der Waals surface area contributed by atoms with E-state index in [1.54, 1.807) is 18.2 Å². The van der Waals surface area contributed by atoms with E-state index in [4.69, 9.17) is 9.47 Å². The van der Waals surface area contributed by atoms with Crippen molar-refractivity contribution < 1.29 is 14.3 Å². The van der Waals surface area contributed by atoms with Crippen molar-refractivity contribution in [2.75, 3.05) is 42.9 Å². The highest BCUT2D eigenvalue weighted by Crippen LogP contribution is 2.34. The third kappa shape index (κ3) is 4.48. The van der Waals surface area contributed by atoms with Gasteiger partial charge < -0.3 is 25.4 Å². The summed E-state index contributed by atoms with van der Waals surface area (Å²) < 4.78 is 10.5. The maximum Gasteiger partial charge on any atom is 0.326 e. The second-order valence-corrected chi connectivity index (χ2v) is 5.40. The second kappa shape index (κ2) is 7.67. The molecule has 9 heteroatoms. The number of carbonyl (C=O) groups is 1. The Kier molecular flexibility index (Phi) is 5.14. The molecule has 2 aromatic rings. The number of nitrogens with zero attached hydrogens (tertiary/aromatic N) is 2. The topological polar surface area (TPSA) is 109 Å². The Balaban J connectivity index is 1.62. The minimum Gasteiger partial charge on any atom is -0.454 e. The van der Waals surface area contributed by atoms with Crippen LogP contribution in [-0.2, 0) is 0 Å². The van der Waals surface area contributed by atoms with E-state index in [9.17, 15) is 4.79 Å². The molecule has 0 aliphatic carbocycles. The lowest BCUT2D eigenvalue weighted by Gasteiger charge is -2.10. The zero-order valence-electron chi connectivity index (χ0n) is 14.0. The number of aryl methyl sites for hydroxylation is 1. The monoisotopic (exact) mass is 344 g/mol. The summed E-state index contributed by atoms with van der Waals surface area (Å²) >= 11 is 0. The van der Waals surface area contributed by atoms with Crippen LogP contribution in [0.3, 0.4) is 0 Å². The lowest BCUT2D eigenvalue weighted by molar-refractivity contribution is 0.174. The number of benzene rings is 1. The molecule has 132 valence electrons. The van der Waals surface area contributed by atoms with Crippen LogP contribution in [0.15, 0.2) is 24.3 Å². The van der Waals surface area contributed by atoms with Gasteiger partial charge in [0, 0.05) is 36.6 Å². The van der Waals surface area contributed by atoms with Crippen LogP contribution in [-0.4, -0.2) is 42.9 Å². The third-order valence-electron chi connectivity index (χ3n) is 3.39. The summed E-state index contributed by atoms with van der Waals surface area (Å²) in [5.41, 5.74) is 1.34. The second-order valence-electron chi connectivity index (χ2n) is 5.40. The van der Waals surface area contributed by atoms with Crippen LogP contribution >= 0.6 is 0 Å². The first kappa shape index (κ1) is 16.8. The van der Waals surface area contributed by atoms with Crippen molar-refractivity contribution >= 4 is 23.5 Å². The number of urea groups is 1. The van der Waals surface area contributed by atoms with E-state index in [-0.39, 0.29) is 12.7 Å². The van der Waals surface area contributed by atoms with Crippen LogP contribution in [0, 0.1) is 6.92 Å². The summed E-state index contributed by atoms with van der Waals surface area (Å²) in [6, 6.07) is 6.55. The van der Waals surface area contributed by atoms with Crippen LogP contribution < -0.4 is 30.7 Å². The molecule has 3 rings (SSSR count). The normalized spacial score (nSPS) is 11.9. The number of fused-ring (bicyclic) bond motifs is 1. The number of aromatic nitrogens is 2. The van der Waals surface area contributed by atoms with Crippen LogP contribution in [0.5, 0.6) is 11.5 Å². The molecule has 0 radical (unpaired) electrons. The fourth-order valence-corrected chi connectivity index (χ4v) is 2.27. The molecule has 0 unspecified atom stereocenters. The Morgan fingerprint density at radius 1 is 1.12 bits per heavy atom. The van der Waals surface area contributed by atoms with Gasteiger partial charge in [-0.05, 0) is 26.1 Å². The highest BCUT2D eigenvalue weighted by atomic mass is 16.7. The summed E-state index contributed by atoms with van der Waals surface area (Å²) in [5.74, 6) is 2.14. The fraction of sp³-hybridized carbons (Fsp3) is 0.312. The number of hydrogen-bond acceptors (Lipinski definition) is 7. The fourth-order valence-electron chi connectivity index (χ4n) is 2.27. The molecule has 0 bridgehead atoms. The highest BCUT2D eigenvalue weighted by molar-refractivity contribution is 5.98. The van der Waals surface area contributed by atoms with Crippen LogP contribution in [0.1, 0.15) is 5.69 Å². The smallest absolute Gasteiger partial charge is 0.326 e. The third-order valence-corrected chi connectivity index (χ3v) is 3.39. The Morgan fingerprint density at radius 3 is 2.80 bits per heavy atom. The zero-order valence-corrected chi connectivity index (χ0v) is 14.0. The number of rotatable bonds is 6. The van der Waals surface area contributed by atoms with Crippen LogP contribution in [0.2, 0.25) is 0 Å². The number of carbonyl (C=O) groups excluding carboxylic acids is 1. The number of hydrogen-bond donors (Lipinski definition) is 4. The first-order valence-electron chi connectivity index (χ1n) is 7.86. The highest BCUT2D eigenvalue weighted by Gasteiger charge is 2.14. The molecular weight excluding hydrogens is 324 g/mol. The van der Waals surface area contributed by atoms with E-state index in [1.807, 2.05) is 20.0 Å². The number of anilines is 3. The molecule has 1 aromatic carbocycles. The maximum absolute atomic E-state index is 12.2. The van der Waals surface area contributed by atoms with E-state index in [0.29, 0.717) is 23.0 Å². The lowest BCUT2D eigenvalue weighted by atomic mass is 10.3. The molecule has 2 amide bonds. The van der Waals surface area contributed by atoms with Crippen molar-refractivity contribution in [3.05, 3.63) is 30.0 Å². The van der Waals surface area contributed by atoms with Crippen molar-refractivity contribution in [3.63, 3.8) is 0 Å². The Labute approximate surface area is 145 Å². The van der Waals surface area contributed by atoms with E-state index < -0.39 is 6.03 Å². The van der Waals surface area contributed by atoms with Crippen molar-refractivity contribution in [2.24, 2.45) is 0 Å². The molecular formula is C16H20N6O3. The van der Waals surface area contributed by atoms with Gasteiger partial charge in [-0.3, -0.25) is 5.32 Å². The Hall–Kier alpha value is -3.07. The van der Waals surface area contributed by atoms with Gasteiger partial charge in [0.05, 0.1) is 0 Å². The quantitative estimate of drug-likeness (QED) is 0.591. The first-order chi connectivity index (χ1) is 12.1. The SMILES string of the molecule is CNCCNc1cc(C)nc(NC(=O)Nc2ccc3c(c2)OCO3)n1. The maximum atomic E-state index is 12.2. The van der Waals surface area contributed by atoms with Crippen molar-refractivity contribution in [3.8, 4) is 11.5 Å².